The SMILES string of the molecule is O=C(O)[C@H]1C[C@H](O)CN1S(=O)(=O)c1ccc([N+](=O)[O-])cc1. The van der Waals surface area contributed by atoms with Crippen molar-refractivity contribution in [3.05, 3.63) is 34.4 Å². The van der Waals surface area contributed by atoms with Gasteiger partial charge >= 0.3 is 5.97 Å². The van der Waals surface area contributed by atoms with Gasteiger partial charge in [0.25, 0.3) is 5.69 Å². The van der Waals surface area contributed by atoms with Gasteiger partial charge in [0.1, 0.15) is 6.04 Å². The molecule has 1 heterocycles. The molecule has 1 aliphatic heterocycles. The highest BCUT2D eigenvalue weighted by atomic mass is 32.2. The smallest absolute Gasteiger partial charge is 0.322 e. The number of hydrogen-bond donors (Lipinski definition) is 2. The molecule has 1 fully saturated rings. The first kappa shape index (κ1) is 15.4. The van der Waals surface area contributed by atoms with Gasteiger partial charge in [0.15, 0.2) is 0 Å². The number of carboxylic acids is 1. The minimum atomic E-state index is -4.14. The maximum absolute atomic E-state index is 12.4. The van der Waals surface area contributed by atoms with Gasteiger partial charge in [0, 0.05) is 25.1 Å². The monoisotopic (exact) mass is 316 g/mol. The summed E-state index contributed by atoms with van der Waals surface area (Å²) in [5.41, 5.74) is -0.273. The number of aliphatic hydroxyl groups is 1. The molecule has 2 rings (SSSR count). The van der Waals surface area contributed by atoms with E-state index in [2.05, 4.69) is 0 Å². The van der Waals surface area contributed by atoms with E-state index in [1.807, 2.05) is 0 Å². The van der Waals surface area contributed by atoms with Crippen molar-refractivity contribution in [3.63, 3.8) is 0 Å². The van der Waals surface area contributed by atoms with Gasteiger partial charge in [-0.05, 0) is 12.1 Å². The number of carbonyl (C=O) groups is 1. The van der Waals surface area contributed by atoms with Crippen LogP contribution in [-0.4, -0.2) is 52.5 Å². The van der Waals surface area contributed by atoms with E-state index in [0.29, 0.717) is 4.31 Å². The second kappa shape index (κ2) is 5.39. The molecule has 2 N–H and O–H groups in total. The first-order valence-corrected chi connectivity index (χ1v) is 7.34. The number of hydrogen-bond acceptors (Lipinski definition) is 6. The number of benzene rings is 1. The summed E-state index contributed by atoms with van der Waals surface area (Å²) in [5, 5.41) is 29.0. The quantitative estimate of drug-likeness (QED) is 0.579. The summed E-state index contributed by atoms with van der Waals surface area (Å²) in [5.74, 6) is -1.35. The molecule has 0 aliphatic carbocycles. The molecule has 2 atom stereocenters. The van der Waals surface area contributed by atoms with E-state index in [4.69, 9.17) is 5.11 Å². The van der Waals surface area contributed by atoms with E-state index >= 15 is 0 Å². The normalized spacial score (nSPS) is 23.1. The number of sulfonamides is 1. The maximum atomic E-state index is 12.4. The van der Waals surface area contributed by atoms with Crippen molar-refractivity contribution in [1.29, 1.82) is 0 Å². The Labute approximate surface area is 119 Å². The molecule has 0 radical (unpaired) electrons. The number of nitro groups is 1. The fraction of sp³-hybridized carbons (Fsp3) is 0.364. The maximum Gasteiger partial charge on any atom is 0.322 e. The summed E-state index contributed by atoms with van der Waals surface area (Å²) in [6.45, 7) is -0.323. The molecular formula is C11H12N2O7S. The lowest BCUT2D eigenvalue weighted by atomic mass is 10.2. The molecule has 10 heteroatoms. The number of rotatable bonds is 4. The van der Waals surface area contributed by atoms with Gasteiger partial charge in [-0.3, -0.25) is 14.9 Å². The molecule has 21 heavy (non-hydrogen) atoms. The number of non-ortho nitro benzene ring substituents is 1. The van der Waals surface area contributed by atoms with Gasteiger partial charge in [-0.1, -0.05) is 0 Å². The Morgan fingerprint density at radius 1 is 1.33 bits per heavy atom. The molecule has 0 unspecified atom stereocenters. The molecule has 1 aliphatic rings. The summed E-state index contributed by atoms with van der Waals surface area (Å²) in [4.78, 5) is 20.7. The first-order valence-electron chi connectivity index (χ1n) is 5.90. The van der Waals surface area contributed by atoms with E-state index in [0.717, 1.165) is 24.3 Å². The van der Waals surface area contributed by atoms with E-state index in [1.54, 1.807) is 0 Å². The molecular weight excluding hydrogens is 304 g/mol. The average molecular weight is 316 g/mol. The number of nitrogens with zero attached hydrogens (tertiary/aromatic N) is 2. The zero-order valence-electron chi connectivity index (χ0n) is 10.6. The predicted octanol–water partition coefficient (Wildman–Crippen LogP) is -0.197. The van der Waals surface area contributed by atoms with Gasteiger partial charge in [-0.25, -0.2) is 8.42 Å². The third-order valence-corrected chi connectivity index (χ3v) is 5.06. The molecule has 0 saturated carbocycles. The Bertz CT molecular complexity index is 670. The van der Waals surface area contributed by atoms with Crippen LogP contribution in [0.4, 0.5) is 5.69 Å². The molecule has 0 amide bonds. The van der Waals surface area contributed by atoms with Crippen LogP contribution in [0.1, 0.15) is 6.42 Å². The van der Waals surface area contributed by atoms with Crippen LogP contribution in [0, 0.1) is 10.1 Å². The molecule has 114 valence electrons. The van der Waals surface area contributed by atoms with Crippen LogP contribution in [-0.2, 0) is 14.8 Å². The van der Waals surface area contributed by atoms with Crippen LogP contribution in [0.3, 0.4) is 0 Å². The van der Waals surface area contributed by atoms with Crippen LogP contribution in [0.15, 0.2) is 29.2 Å². The number of nitro benzene ring substituents is 1. The van der Waals surface area contributed by atoms with E-state index < -0.39 is 33.1 Å². The highest BCUT2D eigenvalue weighted by Gasteiger charge is 2.43. The van der Waals surface area contributed by atoms with Crippen LogP contribution < -0.4 is 0 Å². The standard InChI is InChI=1S/C11H12N2O7S/c14-8-5-10(11(15)16)12(6-8)21(19,20)9-3-1-7(2-4-9)13(17)18/h1-4,8,10,14H,5-6H2,(H,15,16)/t8-,10+/m0/s1. The van der Waals surface area contributed by atoms with E-state index in [-0.39, 0.29) is 23.5 Å². The molecule has 1 aromatic carbocycles. The average Bonchev–Trinajstić information content (AvgIpc) is 2.82. The Kier molecular flexibility index (Phi) is 3.94. The highest BCUT2D eigenvalue weighted by molar-refractivity contribution is 7.89. The topological polar surface area (TPSA) is 138 Å². The molecule has 0 spiro atoms. The number of β-amino-alcohol motifs (C(OH)–C–C–N with tert-alkyl or cyclic N) is 1. The van der Waals surface area contributed by atoms with Crippen molar-refractivity contribution in [2.24, 2.45) is 0 Å². The van der Waals surface area contributed by atoms with Crippen LogP contribution >= 0.6 is 0 Å². The van der Waals surface area contributed by atoms with Crippen LogP contribution in [0.5, 0.6) is 0 Å². The van der Waals surface area contributed by atoms with Crippen molar-refractivity contribution in [1.82, 2.24) is 4.31 Å². The van der Waals surface area contributed by atoms with E-state index in [9.17, 15) is 28.4 Å². The first-order chi connectivity index (χ1) is 9.73. The zero-order chi connectivity index (χ0) is 15.8. The minimum Gasteiger partial charge on any atom is -0.480 e. The number of carboxylic acid groups (broad SMARTS) is 1. The molecule has 0 bridgehead atoms. The van der Waals surface area contributed by atoms with Crippen molar-refractivity contribution in [3.8, 4) is 0 Å². The minimum absolute atomic E-state index is 0.193. The number of aliphatic hydroxyl groups excluding tert-OH is 1. The fourth-order valence-electron chi connectivity index (χ4n) is 2.15. The Morgan fingerprint density at radius 3 is 2.38 bits per heavy atom. The van der Waals surface area contributed by atoms with Gasteiger partial charge in [-0.2, -0.15) is 4.31 Å². The van der Waals surface area contributed by atoms with Gasteiger partial charge in [0.2, 0.25) is 10.0 Å². The van der Waals surface area contributed by atoms with Gasteiger partial charge < -0.3 is 10.2 Å². The Hall–Kier alpha value is -2.04. The lowest BCUT2D eigenvalue weighted by Crippen LogP contribution is -2.40. The summed E-state index contributed by atoms with van der Waals surface area (Å²) < 4.78 is 25.4. The molecule has 1 saturated heterocycles. The summed E-state index contributed by atoms with van der Waals surface area (Å²) in [7, 11) is -4.14. The zero-order valence-corrected chi connectivity index (χ0v) is 11.4. The van der Waals surface area contributed by atoms with Crippen molar-refractivity contribution >= 4 is 21.7 Å². The number of aliphatic carboxylic acids is 1. The molecule has 9 nitrogen and oxygen atoms in total. The molecule has 0 aromatic heterocycles. The lowest BCUT2D eigenvalue weighted by Gasteiger charge is -2.20. The predicted molar refractivity (Wildman–Crippen MR) is 69.0 cm³/mol. The second-order valence-electron chi connectivity index (χ2n) is 4.57. The van der Waals surface area contributed by atoms with Gasteiger partial charge in [-0.15, -0.1) is 0 Å². The van der Waals surface area contributed by atoms with Gasteiger partial charge in [0.05, 0.1) is 15.9 Å². The highest BCUT2D eigenvalue weighted by Crippen LogP contribution is 2.27. The summed E-state index contributed by atoms with van der Waals surface area (Å²) in [6, 6.07) is 2.78. The van der Waals surface area contributed by atoms with E-state index in [1.165, 1.54) is 0 Å². The third kappa shape index (κ3) is 2.86. The fourth-order valence-corrected chi connectivity index (χ4v) is 3.78. The third-order valence-electron chi connectivity index (χ3n) is 3.17. The Balaban J connectivity index is 2.37. The summed E-state index contributed by atoms with van der Waals surface area (Å²) >= 11 is 0. The van der Waals surface area contributed by atoms with Crippen LogP contribution in [0.25, 0.3) is 0 Å². The van der Waals surface area contributed by atoms with Crippen molar-refractivity contribution in [2.75, 3.05) is 6.54 Å². The Morgan fingerprint density at radius 2 is 1.90 bits per heavy atom. The molecule has 1 aromatic rings. The largest absolute Gasteiger partial charge is 0.480 e. The lowest BCUT2D eigenvalue weighted by molar-refractivity contribution is -0.384. The van der Waals surface area contributed by atoms with Crippen molar-refractivity contribution in [2.45, 2.75) is 23.5 Å². The second-order valence-corrected chi connectivity index (χ2v) is 6.46. The van der Waals surface area contributed by atoms with Crippen molar-refractivity contribution < 1.29 is 28.3 Å². The van der Waals surface area contributed by atoms with Crippen LogP contribution in [0.2, 0.25) is 0 Å². The summed E-state index contributed by atoms with van der Waals surface area (Å²) in [6.07, 6.45) is -1.25.